The smallest absolute Gasteiger partial charge is 0.220 e. The number of benzene rings is 2. The molecular weight excluding hydrogens is 422 g/mol. The number of nitrogens with one attached hydrogen (secondary N) is 1. The Balaban J connectivity index is 1.46. The van der Waals surface area contributed by atoms with Crippen molar-refractivity contribution < 1.29 is 28.8 Å². The largest absolute Gasteiger partial charge is 0.388 e. The molecule has 2 aromatic carbocycles. The summed E-state index contributed by atoms with van der Waals surface area (Å²) in [5.74, 6) is -0.130. The van der Waals surface area contributed by atoms with E-state index in [0.29, 0.717) is 13.0 Å². The third kappa shape index (κ3) is 6.19. The van der Waals surface area contributed by atoms with Crippen LogP contribution >= 0.6 is 0 Å². The molecular formula is C26H33NO6. The summed E-state index contributed by atoms with van der Waals surface area (Å²) in [6, 6.07) is 18.5. The first-order valence-electron chi connectivity index (χ1n) is 11.8. The van der Waals surface area contributed by atoms with Crippen molar-refractivity contribution in [2.24, 2.45) is 0 Å². The summed E-state index contributed by atoms with van der Waals surface area (Å²) < 4.78 is 24.2. The number of carbonyl (C=O) groups excluding carboxylic acids is 1. The number of rotatable bonds is 9. The van der Waals surface area contributed by atoms with Crippen molar-refractivity contribution in [1.82, 2.24) is 5.32 Å². The van der Waals surface area contributed by atoms with Crippen molar-refractivity contribution in [2.75, 3.05) is 6.61 Å². The van der Waals surface area contributed by atoms with E-state index < -0.39 is 36.9 Å². The van der Waals surface area contributed by atoms with Crippen LogP contribution in [0.4, 0.5) is 0 Å². The highest BCUT2D eigenvalue weighted by Crippen LogP contribution is 2.34. The van der Waals surface area contributed by atoms with Crippen LogP contribution in [0.15, 0.2) is 60.7 Å². The van der Waals surface area contributed by atoms with Gasteiger partial charge in [-0.2, -0.15) is 0 Å². The second-order valence-corrected chi connectivity index (χ2v) is 8.56. The van der Waals surface area contributed by atoms with Gasteiger partial charge >= 0.3 is 0 Å². The fraction of sp³-hybridized carbons (Fsp3) is 0.500. The van der Waals surface area contributed by atoms with Crippen molar-refractivity contribution in [3.05, 3.63) is 71.8 Å². The molecule has 1 unspecified atom stereocenters. The number of aliphatic hydroxyl groups is 1. The molecule has 7 heteroatoms. The van der Waals surface area contributed by atoms with Crippen LogP contribution in [-0.2, 0) is 30.3 Å². The maximum Gasteiger partial charge on any atom is 0.220 e. The van der Waals surface area contributed by atoms with E-state index in [9.17, 15) is 9.90 Å². The zero-order chi connectivity index (χ0) is 23.0. The highest BCUT2D eigenvalue weighted by molar-refractivity contribution is 5.76. The van der Waals surface area contributed by atoms with E-state index in [1.807, 2.05) is 60.7 Å². The molecule has 6 atom stereocenters. The van der Waals surface area contributed by atoms with Gasteiger partial charge in [-0.15, -0.1) is 0 Å². The first-order valence-corrected chi connectivity index (χ1v) is 11.8. The topological polar surface area (TPSA) is 86.3 Å². The number of aliphatic hydroxyl groups excluding tert-OH is 1. The summed E-state index contributed by atoms with van der Waals surface area (Å²) >= 11 is 0. The molecule has 2 saturated heterocycles. The van der Waals surface area contributed by atoms with Gasteiger partial charge in [0.2, 0.25) is 5.91 Å². The summed E-state index contributed by atoms with van der Waals surface area (Å²) in [6.45, 7) is 2.64. The van der Waals surface area contributed by atoms with E-state index in [2.05, 4.69) is 12.2 Å². The van der Waals surface area contributed by atoms with Crippen LogP contribution in [0.3, 0.4) is 0 Å². The lowest BCUT2D eigenvalue weighted by Gasteiger charge is -2.47. The maximum atomic E-state index is 12.6. The fourth-order valence-electron chi connectivity index (χ4n) is 4.21. The minimum absolute atomic E-state index is 0.130. The SMILES string of the molecule is CCCCCC(=O)N[C@H]1[C@@H](OCc2ccccc2)O[C@@H]2COC(c3ccccc3)O[C@H]2[C@@H]1O. The molecule has 1 amide bonds. The average Bonchev–Trinajstić information content (AvgIpc) is 2.86. The zero-order valence-corrected chi connectivity index (χ0v) is 19.0. The molecule has 0 radical (unpaired) electrons. The van der Waals surface area contributed by atoms with Crippen LogP contribution in [0.5, 0.6) is 0 Å². The predicted octanol–water partition coefficient (Wildman–Crippen LogP) is 3.47. The molecule has 0 saturated carbocycles. The molecule has 2 heterocycles. The van der Waals surface area contributed by atoms with E-state index in [-0.39, 0.29) is 12.5 Å². The van der Waals surface area contributed by atoms with E-state index >= 15 is 0 Å². The van der Waals surface area contributed by atoms with E-state index in [4.69, 9.17) is 18.9 Å². The van der Waals surface area contributed by atoms with Crippen LogP contribution in [0.1, 0.15) is 50.0 Å². The highest BCUT2D eigenvalue weighted by Gasteiger charge is 2.50. The van der Waals surface area contributed by atoms with Crippen LogP contribution < -0.4 is 5.32 Å². The molecule has 0 aliphatic carbocycles. The number of fused-ring (bicyclic) bond motifs is 1. The number of amides is 1. The lowest BCUT2D eigenvalue weighted by atomic mass is 9.95. The first-order chi connectivity index (χ1) is 16.2. The fourth-order valence-corrected chi connectivity index (χ4v) is 4.21. The Labute approximate surface area is 195 Å². The summed E-state index contributed by atoms with van der Waals surface area (Å²) in [7, 11) is 0. The Bertz CT molecular complexity index is 864. The van der Waals surface area contributed by atoms with Crippen LogP contribution in [0, 0.1) is 0 Å². The molecule has 178 valence electrons. The summed E-state index contributed by atoms with van der Waals surface area (Å²) in [5, 5.41) is 14.2. The van der Waals surface area contributed by atoms with Crippen molar-refractivity contribution >= 4 is 5.91 Å². The van der Waals surface area contributed by atoms with Crippen LogP contribution in [-0.4, -0.2) is 48.3 Å². The Morgan fingerprint density at radius 1 is 1.06 bits per heavy atom. The second kappa shape index (κ2) is 11.7. The number of unbranched alkanes of at least 4 members (excludes halogenated alkanes) is 2. The summed E-state index contributed by atoms with van der Waals surface area (Å²) in [6.07, 6.45) is -0.379. The monoisotopic (exact) mass is 455 g/mol. The molecule has 2 aromatic rings. The average molecular weight is 456 g/mol. The number of hydrogen-bond acceptors (Lipinski definition) is 6. The second-order valence-electron chi connectivity index (χ2n) is 8.56. The third-order valence-electron chi connectivity index (χ3n) is 6.03. The van der Waals surface area contributed by atoms with Gasteiger partial charge in [0.25, 0.3) is 0 Å². The van der Waals surface area contributed by atoms with Crippen molar-refractivity contribution in [2.45, 2.75) is 76.1 Å². The van der Waals surface area contributed by atoms with Crippen molar-refractivity contribution in [3.8, 4) is 0 Å². The van der Waals surface area contributed by atoms with E-state index in [0.717, 1.165) is 30.4 Å². The number of carbonyl (C=O) groups is 1. The van der Waals surface area contributed by atoms with Gasteiger partial charge in [-0.3, -0.25) is 4.79 Å². The number of ether oxygens (including phenoxy) is 4. The van der Waals surface area contributed by atoms with Gasteiger partial charge in [0.05, 0.1) is 13.2 Å². The van der Waals surface area contributed by atoms with Gasteiger partial charge in [0, 0.05) is 12.0 Å². The molecule has 2 fully saturated rings. The predicted molar refractivity (Wildman–Crippen MR) is 122 cm³/mol. The number of hydrogen-bond donors (Lipinski definition) is 2. The first kappa shape index (κ1) is 23.9. The molecule has 2 N–H and O–H groups in total. The Hall–Kier alpha value is -2.29. The molecule has 4 rings (SSSR count). The Morgan fingerprint density at radius 2 is 1.79 bits per heavy atom. The third-order valence-corrected chi connectivity index (χ3v) is 6.03. The van der Waals surface area contributed by atoms with Gasteiger partial charge in [-0.05, 0) is 12.0 Å². The summed E-state index contributed by atoms with van der Waals surface area (Å²) in [5.41, 5.74) is 1.84. The normalized spacial score (nSPS) is 29.3. The molecule has 7 nitrogen and oxygen atoms in total. The summed E-state index contributed by atoms with van der Waals surface area (Å²) in [4.78, 5) is 12.6. The Morgan fingerprint density at radius 3 is 2.52 bits per heavy atom. The van der Waals surface area contributed by atoms with Crippen LogP contribution in [0.2, 0.25) is 0 Å². The molecule has 2 aliphatic heterocycles. The van der Waals surface area contributed by atoms with Crippen molar-refractivity contribution in [3.63, 3.8) is 0 Å². The Kier molecular flexibility index (Phi) is 8.47. The van der Waals surface area contributed by atoms with Gasteiger partial charge in [-0.25, -0.2) is 0 Å². The molecule has 0 aromatic heterocycles. The molecule has 33 heavy (non-hydrogen) atoms. The van der Waals surface area contributed by atoms with Crippen molar-refractivity contribution in [1.29, 1.82) is 0 Å². The quantitative estimate of drug-likeness (QED) is 0.563. The minimum atomic E-state index is -1.00. The van der Waals surface area contributed by atoms with Gasteiger partial charge in [0.1, 0.15) is 24.4 Å². The molecule has 0 spiro atoms. The molecule has 0 bridgehead atoms. The lowest BCUT2D eigenvalue weighted by molar-refractivity contribution is -0.345. The van der Waals surface area contributed by atoms with E-state index in [1.54, 1.807) is 0 Å². The van der Waals surface area contributed by atoms with Crippen LogP contribution in [0.25, 0.3) is 0 Å². The molecule has 2 aliphatic rings. The standard InChI is InChI=1S/C26H33NO6/c1-2-3-6-15-21(28)27-22-23(29)24-20(17-31-25(33-24)19-13-9-5-10-14-19)32-26(22)30-16-18-11-7-4-8-12-18/h4-5,7-14,20,22-26,29H,2-3,6,15-17H2,1H3,(H,27,28)/t20-,22-,23-,24-,25?,26+/m1/s1. The van der Waals surface area contributed by atoms with Gasteiger partial charge in [-0.1, -0.05) is 80.4 Å². The minimum Gasteiger partial charge on any atom is -0.388 e. The zero-order valence-electron chi connectivity index (χ0n) is 19.0. The van der Waals surface area contributed by atoms with E-state index in [1.165, 1.54) is 0 Å². The highest BCUT2D eigenvalue weighted by atomic mass is 16.7. The lowest BCUT2D eigenvalue weighted by Crippen LogP contribution is -2.66. The maximum absolute atomic E-state index is 12.6. The van der Waals surface area contributed by atoms with Gasteiger partial charge < -0.3 is 29.4 Å². The van der Waals surface area contributed by atoms with Gasteiger partial charge in [0.15, 0.2) is 12.6 Å².